The molecule has 1 heterocycles. The van der Waals surface area contributed by atoms with Gasteiger partial charge in [0.15, 0.2) is 5.82 Å². The van der Waals surface area contributed by atoms with Crippen LogP contribution in [0.1, 0.15) is 11.1 Å². The van der Waals surface area contributed by atoms with Crippen molar-refractivity contribution < 1.29 is 9.47 Å². The number of methoxy groups -OCH3 is 2. The number of ether oxygens (including phenoxy) is 2. The zero-order valence-corrected chi connectivity index (χ0v) is 18.5. The molecule has 4 rings (SSSR count). The van der Waals surface area contributed by atoms with Crippen molar-refractivity contribution >= 4 is 11.8 Å². The maximum absolute atomic E-state index is 9.32. The molecule has 2 N–H and O–H groups in total. The van der Waals surface area contributed by atoms with E-state index in [0.29, 0.717) is 33.8 Å². The average molecular weight is 444 g/mol. The molecular weight excluding hydrogens is 422 g/mol. The lowest BCUT2D eigenvalue weighted by molar-refractivity contribution is 0.395. The smallest absolute Gasteiger partial charge is 0.210 e. The maximum Gasteiger partial charge on any atom is 0.210 e. The third-order valence-corrected chi connectivity index (χ3v) is 6.01. The van der Waals surface area contributed by atoms with Gasteiger partial charge < -0.3 is 15.3 Å². The molecule has 7 nitrogen and oxygen atoms in total. The first kappa shape index (κ1) is 21.3. The number of nitrogens with zero attached hydrogens (tertiary/aromatic N) is 4. The van der Waals surface area contributed by atoms with Crippen LogP contribution in [0.4, 0.5) is 0 Å². The highest BCUT2D eigenvalue weighted by Gasteiger charge is 2.17. The number of nitrogens with two attached hydrogens (primary N) is 1. The van der Waals surface area contributed by atoms with Crippen molar-refractivity contribution in [2.24, 2.45) is 0 Å². The highest BCUT2D eigenvalue weighted by atomic mass is 32.2. The van der Waals surface area contributed by atoms with Gasteiger partial charge in [0, 0.05) is 11.8 Å². The normalized spacial score (nSPS) is 10.5. The van der Waals surface area contributed by atoms with Crippen LogP contribution in [0.25, 0.3) is 22.5 Å². The van der Waals surface area contributed by atoms with Gasteiger partial charge in [0.1, 0.15) is 11.5 Å². The van der Waals surface area contributed by atoms with Crippen molar-refractivity contribution in [1.29, 1.82) is 5.26 Å². The summed E-state index contributed by atoms with van der Waals surface area (Å²) in [4.78, 5) is 0. The number of aromatic nitrogens is 3. The minimum atomic E-state index is 0.510. The van der Waals surface area contributed by atoms with E-state index in [1.807, 2.05) is 60.7 Å². The molecule has 8 heteroatoms. The topological polar surface area (TPSA) is 99.0 Å². The molecule has 0 radical (unpaired) electrons. The molecule has 0 atom stereocenters. The van der Waals surface area contributed by atoms with Crippen LogP contribution in [0.3, 0.4) is 0 Å². The Bertz CT molecular complexity index is 1280. The molecule has 0 saturated carbocycles. The van der Waals surface area contributed by atoms with E-state index in [4.69, 9.17) is 15.3 Å². The van der Waals surface area contributed by atoms with Crippen LogP contribution in [-0.2, 0) is 5.75 Å². The highest BCUT2D eigenvalue weighted by molar-refractivity contribution is 7.98. The summed E-state index contributed by atoms with van der Waals surface area (Å²) in [6.45, 7) is 0. The van der Waals surface area contributed by atoms with E-state index in [2.05, 4.69) is 16.3 Å². The molecule has 0 amide bonds. The van der Waals surface area contributed by atoms with Crippen molar-refractivity contribution in [1.82, 2.24) is 14.9 Å². The second kappa shape index (κ2) is 9.45. The fraction of sp³-hybridized carbons (Fsp3) is 0.125. The van der Waals surface area contributed by atoms with Crippen LogP contribution in [0.15, 0.2) is 71.9 Å². The zero-order valence-electron chi connectivity index (χ0n) is 17.6. The third-order valence-electron chi connectivity index (χ3n) is 4.99. The number of nitriles is 1. The zero-order chi connectivity index (χ0) is 22.5. The summed E-state index contributed by atoms with van der Waals surface area (Å²) >= 11 is 1.49. The lowest BCUT2D eigenvalue weighted by Gasteiger charge is -2.10. The van der Waals surface area contributed by atoms with Gasteiger partial charge in [-0.2, -0.15) is 5.26 Å². The van der Waals surface area contributed by atoms with Gasteiger partial charge in [-0.3, -0.25) is 0 Å². The van der Waals surface area contributed by atoms with Gasteiger partial charge in [0.25, 0.3) is 0 Å². The fourth-order valence-electron chi connectivity index (χ4n) is 3.30. The predicted octanol–water partition coefficient (Wildman–Crippen LogP) is 4.51. The van der Waals surface area contributed by atoms with Gasteiger partial charge in [-0.25, -0.2) is 4.68 Å². The Morgan fingerprint density at radius 3 is 2.47 bits per heavy atom. The van der Waals surface area contributed by atoms with Gasteiger partial charge in [0.05, 0.1) is 31.4 Å². The van der Waals surface area contributed by atoms with E-state index in [0.717, 1.165) is 22.3 Å². The molecule has 0 unspecified atom stereocenters. The van der Waals surface area contributed by atoms with Gasteiger partial charge >= 0.3 is 0 Å². The van der Waals surface area contributed by atoms with E-state index < -0.39 is 0 Å². The Balaban J connectivity index is 1.50. The Morgan fingerprint density at radius 2 is 1.75 bits per heavy atom. The Kier molecular flexibility index (Phi) is 6.29. The maximum atomic E-state index is 9.32. The molecule has 0 bridgehead atoms. The number of rotatable bonds is 7. The SMILES string of the molecule is COc1ccc(-c2nnc(SCc3ccc(-c4ccccc4C#N)cc3)n2N)c(OC)c1. The number of hydrogen-bond acceptors (Lipinski definition) is 7. The van der Waals surface area contributed by atoms with Gasteiger partial charge in [0.2, 0.25) is 5.16 Å². The van der Waals surface area contributed by atoms with E-state index in [1.165, 1.54) is 16.4 Å². The summed E-state index contributed by atoms with van der Waals surface area (Å²) in [7, 11) is 3.19. The van der Waals surface area contributed by atoms with E-state index in [9.17, 15) is 5.26 Å². The number of thioether (sulfide) groups is 1. The number of nitrogen functional groups attached to an aromatic ring is 1. The summed E-state index contributed by atoms with van der Waals surface area (Å²) in [6.07, 6.45) is 0. The molecule has 0 aliphatic carbocycles. The first-order valence-corrected chi connectivity index (χ1v) is 10.8. The molecule has 0 fully saturated rings. The molecule has 160 valence electrons. The summed E-state index contributed by atoms with van der Waals surface area (Å²) in [5.74, 6) is 8.75. The second-order valence-electron chi connectivity index (χ2n) is 6.89. The lowest BCUT2D eigenvalue weighted by Crippen LogP contribution is -2.12. The average Bonchev–Trinajstić information content (AvgIpc) is 3.22. The van der Waals surface area contributed by atoms with Gasteiger partial charge in [-0.05, 0) is 34.9 Å². The minimum Gasteiger partial charge on any atom is -0.497 e. The van der Waals surface area contributed by atoms with Crippen LogP contribution in [0.5, 0.6) is 11.5 Å². The highest BCUT2D eigenvalue weighted by Crippen LogP contribution is 2.33. The monoisotopic (exact) mass is 443 g/mol. The Labute approximate surface area is 190 Å². The van der Waals surface area contributed by atoms with Crippen molar-refractivity contribution in [2.45, 2.75) is 10.9 Å². The van der Waals surface area contributed by atoms with Crippen LogP contribution in [0, 0.1) is 11.3 Å². The second-order valence-corrected chi connectivity index (χ2v) is 7.83. The van der Waals surface area contributed by atoms with Gasteiger partial charge in [-0.15, -0.1) is 10.2 Å². The standard InChI is InChI=1S/C24H21N5O2S/c1-30-19-11-12-21(22(13-19)31-2)23-27-28-24(29(23)26)32-15-16-7-9-17(10-8-16)20-6-4-3-5-18(20)14-25/h3-13H,15,26H2,1-2H3. The summed E-state index contributed by atoms with van der Waals surface area (Å²) in [6, 6.07) is 23.4. The molecule has 1 aromatic heterocycles. The third kappa shape index (κ3) is 4.24. The van der Waals surface area contributed by atoms with Crippen LogP contribution < -0.4 is 15.3 Å². The minimum absolute atomic E-state index is 0.510. The molecule has 0 aliphatic rings. The van der Waals surface area contributed by atoms with Crippen molar-refractivity contribution in [3.05, 3.63) is 77.9 Å². The first-order chi connectivity index (χ1) is 15.6. The summed E-state index contributed by atoms with van der Waals surface area (Å²) < 4.78 is 12.2. The lowest BCUT2D eigenvalue weighted by atomic mass is 10.00. The van der Waals surface area contributed by atoms with E-state index in [-0.39, 0.29) is 0 Å². The number of hydrogen-bond donors (Lipinski definition) is 1. The van der Waals surface area contributed by atoms with Gasteiger partial charge in [-0.1, -0.05) is 54.2 Å². The van der Waals surface area contributed by atoms with Crippen molar-refractivity contribution in [2.75, 3.05) is 20.1 Å². The van der Waals surface area contributed by atoms with E-state index in [1.54, 1.807) is 20.3 Å². The molecule has 0 spiro atoms. The molecule has 0 saturated heterocycles. The van der Waals surface area contributed by atoms with Crippen LogP contribution >= 0.6 is 11.8 Å². The molecule has 3 aromatic carbocycles. The quantitative estimate of drug-likeness (QED) is 0.331. The molecule has 0 aliphatic heterocycles. The Morgan fingerprint density at radius 1 is 0.969 bits per heavy atom. The molecular formula is C24H21N5O2S. The number of benzene rings is 3. The van der Waals surface area contributed by atoms with Crippen LogP contribution in [-0.4, -0.2) is 29.1 Å². The Hall–Kier alpha value is -3.96. The molecule has 4 aromatic rings. The summed E-state index contributed by atoms with van der Waals surface area (Å²) in [5.41, 5.74) is 4.43. The van der Waals surface area contributed by atoms with Crippen molar-refractivity contribution in [3.8, 4) is 40.1 Å². The van der Waals surface area contributed by atoms with E-state index >= 15 is 0 Å². The largest absolute Gasteiger partial charge is 0.497 e. The van der Waals surface area contributed by atoms with Crippen LogP contribution in [0.2, 0.25) is 0 Å². The molecule has 32 heavy (non-hydrogen) atoms. The first-order valence-electron chi connectivity index (χ1n) is 9.78. The summed E-state index contributed by atoms with van der Waals surface area (Å²) in [5, 5.41) is 18.4. The van der Waals surface area contributed by atoms with Crippen molar-refractivity contribution in [3.63, 3.8) is 0 Å². The predicted molar refractivity (Wildman–Crippen MR) is 125 cm³/mol. The fourth-order valence-corrected chi connectivity index (χ4v) is 4.12.